The van der Waals surface area contributed by atoms with Gasteiger partial charge in [0.1, 0.15) is 5.75 Å². The van der Waals surface area contributed by atoms with E-state index in [2.05, 4.69) is 16.4 Å². The van der Waals surface area contributed by atoms with Crippen LogP contribution in [0.1, 0.15) is 20.9 Å². The largest absolute Gasteiger partial charge is 0.497 e. The maximum Gasteiger partial charge on any atom is 0.255 e. The normalized spacial score (nSPS) is 10.7. The molecule has 5 heteroatoms. The lowest BCUT2D eigenvalue weighted by atomic mass is 10.1. The van der Waals surface area contributed by atoms with E-state index in [0.717, 1.165) is 28.2 Å². The molecule has 4 aromatic rings. The van der Waals surface area contributed by atoms with Gasteiger partial charge in [-0.2, -0.15) is 0 Å². The molecule has 0 saturated heterocycles. The van der Waals surface area contributed by atoms with Crippen molar-refractivity contribution in [2.75, 3.05) is 12.4 Å². The number of carbonyl (C=O) groups is 1. The Balaban J connectivity index is 1.44. The molecule has 1 N–H and O–H groups in total. The third-order valence-electron chi connectivity index (χ3n) is 4.24. The summed E-state index contributed by atoms with van der Waals surface area (Å²) in [6.45, 7) is 0. The first-order chi connectivity index (χ1) is 13.2. The Kier molecular flexibility index (Phi) is 4.85. The molecule has 4 rings (SSSR count). The van der Waals surface area contributed by atoms with Crippen molar-refractivity contribution in [3.63, 3.8) is 0 Å². The van der Waals surface area contributed by atoms with Crippen molar-refractivity contribution in [2.45, 2.75) is 6.42 Å². The number of nitrogens with one attached hydrogen (secondary N) is 1. The minimum Gasteiger partial charge on any atom is -0.497 e. The quantitative estimate of drug-likeness (QED) is 0.526. The van der Waals surface area contributed by atoms with Gasteiger partial charge in [-0.05, 0) is 48.0 Å². The average molecular weight is 374 g/mol. The number of amides is 1. The van der Waals surface area contributed by atoms with Crippen LogP contribution in [0.25, 0.3) is 10.2 Å². The van der Waals surface area contributed by atoms with Crippen molar-refractivity contribution < 1.29 is 9.53 Å². The van der Waals surface area contributed by atoms with Crippen LogP contribution in [0.5, 0.6) is 5.75 Å². The second-order valence-corrected chi connectivity index (χ2v) is 7.25. The van der Waals surface area contributed by atoms with Crippen LogP contribution in [-0.2, 0) is 6.42 Å². The lowest BCUT2D eigenvalue weighted by molar-refractivity contribution is 0.102. The van der Waals surface area contributed by atoms with Gasteiger partial charge in [0.2, 0.25) is 0 Å². The molecule has 134 valence electrons. The zero-order valence-electron chi connectivity index (χ0n) is 14.8. The average Bonchev–Trinajstić information content (AvgIpc) is 3.12. The molecule has 0 radical (unpaired) electrons. The lowest BCUT2D eigenvalue weighted by Gasteiger charge is -2.07. The third kappa shape index (κ3) is 3.99. The Labute approximate surface area is 161 Å². The summed E-state index contributed by atoms with van der Waals surface area (Å²) in [5, 5.41) is 4.00. The predicted molar refractivity (Wildman–Crippen MR) is 110 cm³/mol. The van der Waals surface area contributed by atoms with Crippen molar-refractivity contribution in [2.24, 2.45) is 0 Å². The molecular formula is C22H18N2O2S. The summed E-state index contributed by atoms with van der Waals surface area (Å²) < 4.78 is 6.37. The Morgan fingerprint density at radius 3 is 2.63 bits per heavy atom. The van der Waals surface area contributed by atoms with Crippen LogP contribution in [0, 0.1) is 0 Å². The van der Waals surface area contributed by atoms with Crippen LogP contribution in [-0.4, -0.2) is 18.0 Å². The number of benzene rings is 3. The number of thiazole rings is 1. The Morgan fingerprint density at radius 2 is 1.85 bits per heavy atom. The molecule has 0 aliphatic rings. The number of hydrogen-bond donors (Lipinski definition) is 1. The second-order valence-electron chi connectivity index (χ2n) is 6.14. The molecule has 3 aromatic carbocycles. The van der Waals surface area contributed by atoms with Crippen molar-refractivity contribution in [1.82, 2.24) is 4.98 Å². The van der Waals surface area contributed by atoms with Gasteiger partial charge in [-0.3, -0.25) is 4.79 Å². The number of nitrogens with zero attached hydrogens (tertiary/aromatic N) is 1. The topological polar surface area (TPSA) is 51.2 Å². The van der Waals surface area contributed by atoms with Gasteiger partial charge in [-0.1, -0.05) is 30.3 Å². The molecule has 0 unspecified atom stereocenters. The molecule has 0 aliphatic heterocycles. The molecule has 1 heterocycles. The molecule has 0 spiro atoms. The summed E-state index contributed by atoms with van der Waals surface area (Å²) >= 11 is 1.71. The number of methoxy groups -OCH3 is 1. The van der Waals surface area contributed by atoms with Crippen molar-refractivity contribution in [3.05, 3.63) is 88.9 Å². The molecule has 0 bridgehead atoms. The molecule has 0 fully saturated rings. The fraction of sp³-hybridized carbons (Fsp3) is 0.0909. The van der Waals surface area contributed by atoms with E-state index < -0.39 is 0 Å². The minimum atomic E-state index is -0.159. The fourth-order valence-corrected chi connectivity index (χ4v) is 3.85. The summed E-state index contributed by atoms with van der Waals surface area (Å²) in [7, 11) is 1.58. The first kappa shape index (κ1) is 17.2. The molecule has 27 heavy (non-hydrogen) atoms. The number of aromatic nitrogens is 1. The Hall–Kier alpha value is -3.18. The number of carbonyl (C=O) groups excluding carboxylic acids is 1. The van der Waals surface area contributed by atoms with E-state index in [1.807, 2.05) is 48.5 Å². The van der Waals surface area contributed by atoms with E-state index in [-0.39, 0.29) is 5.91 Å². The molecule has 0 saturated carbocycles. The first-order valence-corrected chi connectivity index (χ1v) is 9.42. The zero-order valence-corrected chi connectivity index (χ0v) is 15.6. The van der Waals surface area contributed by atoms with Crippen LogP contribution < -0.4 is 10.1 Å². The summed E-state index contributed by atoms with van der Waals surface area (Å²) in [5.74, 6) is 0.502. The Bertz CT molecular complexity index is 1050. The van der Waals surface area contributed by atoms with Gasteiger partial charge in [-0.25, -0.2) is 4.98 Å². The number of rotatable bonds is 5. The van der Waals surface area contributed by atoms with Gasteiger partial charge in [0.25, 0.3) is 5.91 Å². The molecule has 0 atom stereocenters. The van der Waals surface area contributed by atoms with Crippen molar-refractivity contribution >= 4 is 33.1 Å². The minimum absolute atomic E-state index is 0.159. The first-order valence-electron chi connectivity index (χ1n) is 8.60. The highest BCUT2D eigenvalue weighted by Gasteiger charge is 2.08. The van der Waals surface area contributed by atoms with Crippen LogP contribution in [0.15, 0.2) is 72.8 Å². The highest BCUT2D eigenvalue weighted by Crippen LogP contribution is 2.24. The van der Waals surface area contributed by atoms with Crippen LogP contribution in [0.4, 0.5) is 5.69 Å². The smallest absolute Gasteiger partial charge is 0.255 e. The van der Waals surface area contributed by atoms with Gasteiger partial charge >= 0.3 is 0 Å². The summed E-state index contributed by atoms with van der Waals surface area (Å²) in [6, 6.07) is 23.1. The predicted octanol–water partition coefficient (Wildman–Crippen LogP) is 5.15. The molecule has 1 amide bonds. The molecular weight excluding hydrogens is 356 g/mol. The van der Waals surface area contributed by atoms with Crippen molar-refractivity contribution in [1.29, 1.82) is 0 Å². The molecule has 1 aromatic heterocycles. The SMILES string of the molecule is COc1cccc(C(=O)Nc2ccc(Cc3nc4ccccc4s3)cc2)c1. The van der Waals surface area contributed by atoms with E-state index in [9.17, 15) is 4.79 Å². The van der Waals surface area contributed by atoms with Gasteiger partial charge in [0.15, 0.2) is 0 Å². The molecule has 0 aliphatic carbocycles. The number of anilines is 1. The Morgan fingerprint density at radius 1 is 1.04 bits per heavy atom. The number of para-hydroxylation sites is 1. The van der Waals surface area contributed by atoms with Crippen LogP contribution in [0.3, 0.4) is 0 Å². The maximum absolute atomic E-state index is 12.4. The number of ether oxygens (including phenoxy) is 1. The highest BCUT2D eigenvalue weighted by molar-refractivity contribution is 7.18. The standard InChI is InChI=1S/C22H18N2O2S/c1-26-18-6-4-5-16(14-18)22(25)23-17-11-9-15(10-12-17)13-21-24-19-7-2-3-8-20(19)27-21/h2-12,14H,13H2,1H3,(H,23,25). The van der Waals surface area contributed by atoms with Crippen molar-refractivity contribution in [3.8, 4) is 5.75 Å². The maximum atomic E-state index is 12.4. The van der Waals surface area contributed by atoms with E-state index >= 15 is 0 Å². The number of fused-ring (bicyclic) bond motifs is 1. The van der Waals surface area contributed by atoms with Gasteiger partial charge < -0.3 is 10.1 Å². The third-order valence-corrected chi connectivity index (χ3v) is 5.27. The molecule has 4 nitrogen and oxygen atoms in total. The zero-order chi connectivity index (χ0) is 18.6. The second kappa shape index (κ2) is 7.60. The summed E-state index contributed by atoms with van der Waals surface area (Å²) in [6.07, 6.45) is 0.781. The van der Waals surface area contributed by atoms with Crippen LogP contribution >= 0.6 is 11.3 Å². The monoisotopic (exact) mass is 374 g/mol. The summed E-state index contributed by atoms with van der Waals surface area (Å²) in [4.78, 5) is 17.1. The fourth-order valence-electron chi connectivity index (χ4n) is 2.84. The van der Waals surface area contributed by atoms with E-state index in [1.54, 1.807) is 36.6 Å². The lowest BCUT2D eigenvalue weighted by Crippen LogP contribution is -2.11. The van der Waals surface area contributed by atoms with Gasteiger partial charge in [-0.15, -0.1) is 11.3 Å². The van der Waals surface area contributed by atoms with Gasteiger partial charge in [0.05, 0.1) is 22.3 Å². The van der Waals surface area contributed by atoms with E-state index in [4.69, 9.17) is 4.74 Å². The van der Waals surface area contributed by atoms with E-state index in [1.165, 1.54) is 4.70 Å². The number of hydrogen-bond acceptors (Lipinski definition) is 4. The van der Waals surface area contributed by atoms with E-state index in [0.29, 0.717) is 11.3 Å². The summed E-state index contributed by atoms with van der Waals surface area (Å²) in [5.41, 5.74) is 3.52. The van der Waals surface area contributed by atoms with Crippen LogP contribution in [0.2, 0.25) is 0 Å². The van der Waals surface area contributed by atoms with Gasteiger partial charge in [0, 0.05) is 17.7 Å². The highest BCUT2D eigenvalue weighted by atomic mass is 32.1.